The van der Waals surface area contributed by atoms with E-state index in [1.54, 1.807) is 0 Å². The van der Waals surface area contributed by atoms with E-state index in [0.29, 0.717) is 0 Å². The number of rotatable bonds is 2. The van der Waals surface area contributed by atoms with E-state index in [-0.39, 0.29) is 11.3 Å². The van der Waals surface area contributed by atoms with Crippen molar-refractivity contribution in [2.24, 2.45) is 11.1 Å². The first-order valence-electron chi connectivity index (χ1n) is 6.30. The molecule has 1 aromatic heterocycles. The third-order valence-corrected chi connectivity index (χ3v) is 3.08. The van der Waals surface area contributed by atoms with Crippen molar-refractivity contribution in [3.05, 3.63) is 24.0 Å². The van der Waals surface area contributed by atoms with Gasteiger partial charge in [0.05, 0.1) is 17.1 Å². The molecule has 0 aliphatic rings. The molecule has 0 aliphatic carbocycles. The van der Waals surface area contributed by atoms with Crippen molar-refractivity contribution >= 4 is 22.6 Å². The van der Waals surface area contributed by atoms with Crippen molar-refractivity contribution < 1.29 is 4.79 Å². The average molecular weight is 260 g/mol. The third kappa shape index (κ3) is 2.93. The van der Waals surface area contributed by atoms with Gasteiger partial charge in [-0.2, -0.15) is 0 Å². The summed E-state index contributed by atoms with van der Waals surface area (Å²) in [4.78, 5) is 19.5. The summed E-state index contributed by atoms with van der Waals surface area (Å²) >= 11 is 0. The lowest BCUT2D eigenvalue weighted by molar-refractivity contribution is -0.119. The number of nitrogens with zero attached hydrogens (tertiary/aromatic N) is 1. The monoisotopic (exact) mass is 260 g/mol. The van der Waals surface area contributed by atoms with Gasteiger partial charge in [0, 0.05) is 5.69 Å². The Morgan fingerprint density at radius 3 is 2.74 bits per heavy atom. The highest BCUT2D eigenvalue weighted by molar-refractivity contribution is 5.96. The standard InChI is InChI=1S/C14H20N4O/c1-8-16-10-6-5-9(7-11(10)17-8)18-13(19)12(15)14(2,3)4/h5-7,12H,15H2,1-4H3,(H,16,17)(H,18,19). The summed E-state index contributed by atoms with van der Waals surface area (Å²) in [5.41, 5.74) is 8.17. The van der Waals surface area contributed by atoms with Crippen LogP contribution in [0.3, 0.4) is 0 Å². The number of nitrogens with two attached hydrogens (primary N) is 1. The van der Waals surface area contributed by atoms with E-state index in [0.717, 1.165) is 22.5 Å². The van der Waals surface area contributed by atoms with Crippen LogP contribution in [0.1, 0.15) is 26.6 Å². The van der Waals surface area contributed by atoms with Gasteiger partial charge in [0.2, 0.25) is 5.91 Å². The number of carbonyl (C=O) groups excluding carboxylic acids is 1. The number of amides is 1. The summed E-state index contributed by atoms with van der Waals surface area (Å²) < 4.78 is 0. The summed E-state index contributed by atoms with van der Waals surface area (Å²) in [5.74, 6) is 0.674. The van der Waals surface area contributed by atoms with E-state index < -0.39 is 6.04 Å². The second kappa shape index (κ2) is 4.66. The zero-order valence-electron chi connectivity index (χ0n) is 11.7. The van der Waals surface area contributed by atoms with Gasteiger partial charge in [-0.05, 0) is 30.5 Å². The number of anilines is 1. The van der Waals surface area contributed by atoms with Crippen molar-refractivity contribution in [1.29, 1.82) is 0 Å². The molecule has 2 aromatic rings. The number of nitrogens with one attached hydrogen (secondary N) is 2. The first kappa shape index (κ1) is 13.5. The van der Waals surface area contributed by atoms with Gasteiger partial charge < -0.3 is 16.0 Å². The minimum absolute atomic E-state index is 0.178. The number of fused-ring (bicyclic) bond motifs is 1. The molecule has 0 fully saturated rings. The Bertz CT molecular complexity index is 609. The van der Waals surface area contributed by atoms with E-state index in [1.165, 1.54) is 0 Å². The van der Waals surface area contributed by atoms with Crippen molar-refractivity contribution in [1.82, 2.24) is 9.97 Å². The molecule has 1 atom stereocenters. The fourth-order valence-electron chi connectivity index (χ4n) is 1.83. The van der Waals surface area contributed by atoms with Gasteiger partial charge in [-0.25, -0.2) is 4.98 Å². The van der Waals surface area contributed by atoms with Gasteiger partial charge >= 0.3 is 0 Å². The lowest BCUT2D eigenvalue weighted by atomic mass is 9.87. The fraction of sp³-hybridized carbons (Fsp3) is 0.429. The van der Waals surface area contributed by atoms with Crippen molar-refractivity contribution in [2.45, 2.75) is 33.7 Å². The van der Waals surface area contributed by atoms with Gasteiger partial charge in [-0.1, -0.05) is 20.8 Å². The first-order chi connectivity index (χ1) is 8.77. The maximum Gasteiger partial charge on any atom is 0.241 e. The summed E-state index contributed by atoms with van der Waals surface area (Å²) in [6.07, 6.45) is 0. The molecule has 1 unspecified atom stereocenters. The minimum Gasteiger partial charge on any atom is -0.342 e. The average Bonchev–Trinajstić information content (AvgIpc) is 2.66. The molecule has 0 saturated heterocycles. The Morgan fingerprint density at radius 2 is 2.11 bits per heavy atom. The molecule has 0 spiro atoms. The van der Waals surface area contributed by atoms with Gasteiger partial charge in [0.15, 0.2) is 0 Å². The molecule has 0 radical (unpaired) electrons. The second-order valence-electron chi connectivity index (χ2n) is 5.89. The molecule has 0 saturated carbocycles. The fourth-order valence-corrected chi connectivity index (χ4v) is 1.83. The number of aromatic amines is 1. The molecule has 0 aliphatic heterocycles. The highest BCUT2D eigenvalue weighted by Gasteiger charge is 2.27. The molecule has 2 rings (SSSR count). The molecular formula is C14H20N4O. The van der Waals surface area contributed by atoms with Crippen molar-refractivity contribution in [2.75, 3.05) is 5.32 Å². The van der Waals surface area contributed by atoms with Gasteiger partial charge in [-0.3, -0.25) is 4.79 Å². The number of hydrogen-bond donors (Lipinski definition) is 3. The number of hydrogen-bond acceptors (Lipinski definition) is 3. The van der Waals surface area contributed by atoms with Crippen LogP contribution in [-0.2, 0) is 4.79 Å². The normalized spacial score (nSPS) is 13.5. The maximum absolute atomic E-state index is 12.0. The smallest absolute Gasteiger partial charge is 0.241 e. The Kier molecular flexibility index (Phi) is 3.32. The Morgan fingerprint density at radius 1 is 1.42 bits per heavy atom. The van der Waals surface area contributed by atoms with Crippen LogP contribution < -0.4 is 11.1 Å². The molecular weight excluding hydrogens is 240 g/mol. The van der Waals surface area contributed by atoms with Gasteiger partial charge in [-0.15, -0.1) is 0 Å². The predicted octanol–water partition coefficient (Wildman–Crippen LogP) is 2.18. The van der Waals surface area contributed by atoms with Crippen molar-refractivity contribution in [3.63, 3.8) is 0 Å². The van der Waals surface area contributed by atoms with E-state index in [9.17, 15) is 4.79 Å². The lowest BCUT2D eigenvalue weighted by Crippen LogP contribution is -2.45. The molecule has 19 heavy (non-hydrogen) atoms. The van der Waals surface area contributed by atoms with E-state index >= 15 is 0 Å². The minimum atomic E-state index is -0.549. The zero-order chi connectivity index (χ0) is 14.2. The van der Waals surface area contributed by atoms with Crippen LogP contribution in [-0.4, -0.2) is 21.9 Å². The summed E-state index contributed by atoms with van der Waals surface area (Å²) in [6, 6.07) is 5.02. The number of aryl methyl sites for hydroxylation is 1. The predicted molar refractivity (Wildman–Crippen MR) is 76.9 cm³/mol. The number of carbonyl (C=O) groups is 1. The van der Waals surface area contributed by atoms with E-state index in [1.807, 2.05) is 45.9 Å². The van der Waals surface area contributed by atoms with Crippen LogP contribution in [0.2, 0.25) is 0 Å². The Balaban J connectivity index is 2.19. The Labute approximate surface area is 112 Å². The third-order valence-electron chi connectivity index (χ3n) is 3.08. The van der Waals surface area contributed by atoms with Crippen LogP contribution in [0.4, 0.5) is 5.69 Å². The quantitative estimate of drug-likeness (QED) is 0.773. The summed E-state index contributed by atoms with van der Waals surface area (Å²) in [5, 5.41) is 2.84. The largest absolute Gasteiger partial charge is 0.342 e. The molecule has 1 amide bonds. The van der Waals surface area contributed by atoms with Crippen LogP contribution in [0.25, 0.3) is 11.0 Å². The Hall–Kier alpha value is -1.88. The molecule has 5 nitrogen and oxygen atoms in total. The molecule has 1 heterocycles. The number of benzene rings is 1. The summed E-state index contributed by atoms with van der Waals surface area (Å²) in [7, 11) is 0. The molecule has 102 valence electrons. The topological polar surface area (TPSA) is 83.8 Å². The van der Waals surface area contributed by atoms with Gasteiger partial charge in [0.25, 0.3) is 0 Å². The van der Waals surface area contributed by atoms with Crippen LogP contribution in [0.5, 0.6) is 0 Å². The number of aromatic nitrogens is 2. The summed E-state index contributed by atoms with van der Waals surface area (Å²) in [6.45, 7) is 7.73. The number of H-pyrrole nitrogens is 1. The lowest BCUT2D eigenvalue weighted by Gasteiger charge is -2.25. The van der Waals surface area contributed by atoms with E-state index in [4.69, 9.17) is 5.73 Å². The van der Waals surface area contributed by atoms with Crippen LogP contribution in [0, 0.1) is 12.3 Å². The number of imidazole rings is 1. The molecule has 4 N–H and O–H groups in total. The first-order valence-corrected chi connectivity index (χ1v) is 6.30. The zero-order valence-corrected chi connectivity index (χ0v) is 11.7. The SMILES string of the molecule is Cc1nc2ccc(NC(=O)C(N)C(C)(C)C)cc2[nH]1. The van der Waals surface area contributed by atoms with Crippen molar-refractivity contribution in [3.8, 4) is 0 Å². The highest BCUT2D eigenvalue weighted by atomic mass is 16.2. The van der Waals surface area contributed by atoms with Crippen LogP contribution in [0.15, 0.2) is 18.2 Å². The molecule has 0 bridgehead atoms. The van der Waals surface area contributed by atoms with Gasteiger partial charge in [0.1, 0.15) is 5.82 Å². The molecule has 5 heteroatoms. The molecule has 1 aromatic carbocycles. The second-order valence-corrected chi connectivity index (χ2v) is 5.89. The van der Waals surface area contributed by atoms with E-state index in [2.05, 4.69) is 15.3 Å². The van der Waals surface area contributed by atoms with Crippen LogP contribution >= 0.6 is 0 Å². The maximum atomic E-state index is 12.0. The highest BCUT2D eigenvalue weighted by Crippen LogP contribution is 2.21.